The first-order valence-corrected chi connectivity index (χ1v) is 13.4. The van der Waals surface area contributed by atoms with E-state index in [1.807, 2.05) is 59.9 Å². The first-order valence-electron chi connectivity index (χ1n) is 12.0. The van der Waals surface area contributed by atoms with Crippen molar-refractivity contribution in [2.75, 3.05) is 31.1 Å². The summed E-state index contributed by atoms with van der Waals surface area (Å²) in [5, 5.41) is 10.0. The Morgan fingerprint density at radius 3 is 2.36 bits per heavy atom. The van der Waals surface area contributed by atoms with Crippen LogP contribution in [0, 0.1) is 6.92 Å². The molecule has 36 heavy (non-hydrogen) atoms. The average Bonchev–Trinajstić information content (AvgIpc) is 3.33. The van der Waals surface area contributed by atoms with E-state index >= 15 is 0 Å². The molecule has 0 atom stereocenters. The second kappa shape index (κ2) is 9.00. The zero-order valence-electron chi connectivity index (χ0n) is 19.9. The van der Waals surface area contributed by atoms with Crippen LogP contribution in [-0.2, 0) is 16.4 Å². The summed E-state index contributed by atoms with van der Waals surface area (Å²) in [5.41, 5.74) is 3.67. The molecule has 0 radical (unpaired) electrons. The number of sulfonamides is 1. The molecule has 0 aliphatic carbocycles. The van der Waals surface area contributed by atoms with Crippen LogP contribution in [0.5, 0.6) is 0 Å². The van der Waals surface area contributed by atoms with Gasteiger partial charge in [-0.25, -0.2) is 17.8 Å². The van der Waals surface area contributed by atoms with Crippen LogP contribution in [0.3, 0.4) is 0 Å². The molecule has 0 bridgehead atoms. The van der Waals surface area contributed by atoms with Gasteiger partial charge in [-0.3, -0.25) is 0 Å². The molecule has 1 aliphatic heterocycles. The highest BCUT2D eigenvalue weighted by atomic mass is 32.2. The van der Waals surface area contributed by atoms with Crippen molar-refractivity contribution < 1.29 is 8.42 Å². The molecule has 1 aliphatic rings. The number of aryl methyl sites for hydroxylation is 1. The van der Waals surface area contributed by atoms with Gasteiger partial charge in [-0.2, -0.15) is 4.31 Å². The summed E-state index contributed by atoms with van der Waals surface area (Å²) in [5.74, 6) is 1.55. The van der Waals surface area contributed by atoms with Crippen molar-refractivity contribution in [1.82, 2.24) is 23.9 Å². The van der Waals surface area contributed by atoms with Crippen LogP contribution in [0.1, 0.15) is 17.0 Å². The zero-order valence-corrected chi connectivity index (χ0v) is 20.8. The van der Waals surface area contributed by atoms with Gasteiger partial charge < -0.3 is 4.90 Å². The number of nitrogens with zero attached hydrogens (tertiary/aromatic N) is 6. The fraction of sp³-hybridized carbons (Fsp3) is 0.222. The maximum absolute atomic E-state index is 13.3. The standard InChI is InChI=1S/C27H26N6O2S/c1-20-8-7-11-22(18-20)36(34,35)32-16-14-31(15-17-32)27-28-24-13-6-5-12-23(24)26-30-29-25(33(26)27)19-21-9-3-2-4-10-21/h2-13,18H,14-17,19H2,1H3. The Morgan fingerprint density at radius 2 is 1.58 bits per heavy atom. The van der Waals surface area contributed by atoms with Gasteiger partial charge >= 0.3 is 0 Å². The molecular formula is C27H26N6O2S. The molecule has 8 nitrogen and oxygen atoms in total. The van der Waals surface area contributed by atoms with Crippen LogP contribution in [0.4, 0.5) is 5.95 Å². The smallest absolute Gasteiger partial charge is 0.243 e. The summed E-state index contributed by atoms with van der Waals surface area (Å²) in [6, 6.07) is 25.2. The van der Waals surface area contributed by atoms with Gasteiger partial charge in [0.2, 0.25) is 16.0 Å². The monoisotopic (exact) mass is 498 g/mol. The van der Waals surface area contributed by atoms with E-state index in [2.05, 4.69) is 27.2 Å². The minimum atomic E-state index is -3.55. The summed E-state index contributed by atoms with van der Waals surface area (Å²) >= 11 is 0. The Balaban J connectivity index is 1.36. The lowest BCUT2D eigenvalue weighted by Gasteiger charge is -2.35. The molecule has 6 rings (SSSR count). The van der Waals surface area contributed by atoms with Gasteiger partial charge in [0, 0.05) is 38.0 Å². The molecule has 0 spiro atoms. The summed E-state index contributed by atoms with van der Waals surface area (Å²) in [6.45, 7) is 3.70. The highest BCUT2D eigenvalue weighted by Crippen LogP contribution is 2.27. The van der Waals surface area contributed by atoms with Gasteiger partial charge in [-0.15, -0.1) is 10.2 Å². The van der Waals surface area contributed by atoms with Crippen molar-refractivity contribution in [3.05, 3.63) is 95.8 Å². The van der Waals surface area contributed by atoms with Gasteiger partial charge in [0.25, 0.3) is 0 Å². The van der Waals surface area contributed by atoms with Crippen molar-refractivity contribution in [1.29, 1.82) is 0 Å². The molecule has 182 valence electrons. The number of para-hydroxylation sites is 1. The fourth-order valence-electron chi connectivity index (χ4n) is 4.78. The first kappa shape index (κ1) is 22.6. The predicted molar refractivity (Wildman–Crippen MR) is 140 cm³/mol. The quantitative estimate of drug-likeness (QED) is 0.368. The Hall–Kier alpha value is -3.82. The van der Waals surface area contributed by atoms with E-state index in [0.29, 0.717) is 37.5 Å². The van der Waals surface area contributed by atoms with Gasteiger partial charge in [-0.05, 0) is 42.3 Å². The molecule has 0 N–H and O–H groups in total. The molecule has 5 aromatic rings. The molecule has 3 heterocycles. The molecule has 0 saturated carbocycles. The molecule has 3 aromatic carbocycles. The number of hydrogen-bond acceptors (Lipinski definition) is 6. The first-order chi connectivity index (χ1) is 17.5. The fourth-order valence-corrected chi connectivity index (χ4v) is 6.31. The SMILES string of the molecule is Cc1cccc(S(=O)(=O)N2CCN(c3nc4ccccc4c4nnc(Cc5ccccc5)n34)CC2)c1. The van der Waals surface area contributed by atoms with Gasteiger partial charge in [0.1, 0.15) is 5.82 Å². The van der Waals surface area contributed by atoms with Crippen LogP contribution < -0.4 is 4.90 Å². The van der Waals surface area contributed by atoms with E-state index in [9.17, 15) is 8.42 Å². The Kier molecular flexibility index (Phi) is 5.66. The normalized spacial score (nSPS) is 15.1. The topological polar surface area (TPSA) is 83.7 Å². The number of rotatable bonds is 5. The van der Waals surface area contributed by atoms with E-state index in [1.165, 1.54) is 0 Å². The summed E-state index contributed by atoms with van der Waals surface area (Å²) in [7, 11) is -3.55. The lowest BCUT2D eigenvalue weighted by molar-refractivity contribution is 0.382. The molecule has 1 saturated heterocycles. The number of anilines is 1. The molecule has 2 aromatic heterocycles. The van der Waals surface area contributed by atoms with Gasteiger partial charge in [-0.1, -0.05) is 54.6 Å². The van der Waals surface area contributed by atoms with Crippen molar-refractivity contribution in [3.8, 4) is 0 Å². The second-order valence-electron chi connectivity index (χ2n) is 9.07. The van der Waals surface area contributed by atoms with Crippen LogP contribution in [0.2, 0.25) is 0 Å². The zero-order chi connectivity index (χ0) is 24.7. The summed E-state index contributed by atoms with van der Waals surface area (Å²) in [6.07, 6.45) is 0.622. The van der Waals surface area contributed by atoms with E-state index in [1.54, 1.807) is 22.5 Å². The number of hydrogen-bond donors (Lipinski definition) is 0. The third-order valence-electron chi connectivity index (χ3n) is 6.65. The van der Waals surface area contributed by atoms with Crippen LogP contribution in [0.25, 0.3) is 16.6 Å². The predicted octanol–water partition coefficient (Wildman–Crippen LogP) is 3.69. The molecule has 9 heteroatoms. The van der Waals surface area contributed by atoms with Crippen molar-refractivity contribution in [3.63, 3.8) is 0 Å². The van der Waals surface area contributed by atoms with Crippen LogP contribution >= 0.6 is 0 Å². The molecule has 0 unspecified atom stereocenters. The highest BCUT2D eigenvalue weighted by Gasteiger charge is 2.30. The largest absolute Gasteiger partial charge is 0.339 e. The molecule has 0 amide bonds. The summed E-state index contributed by atoms with van der Waals surface area (Å²) < 4.78 is 30.1. The van der Waals surface area contributed by atoms with Crippen molar-refractivity contribution in [2.24, 2.45) is 0 Å². The van der Waals surface area contributed by atoms with Crippen LogP contribution in [-0.4, -0.2) is 58.5 Å². The van der Waals surface area contributed by atoms with Gasteiger partial charge in [0.15, 0.2) is 5.65 Å². The van der Waals surface area contributed by atoms with Crippen molar-refractivity contribution >= 4 is 32.5 Å². The van der Waals surface area contributed by atoms with Crippen molar-refractivity contribution in [2.45, 2.75) is 18.2 Å². The van der Waals surface area contributed by atoms with E-state index in [4.69, 9.17) is 4.98 Å². The number of benzene rings is 3. The third-order valence-corrected chi connectivity index (χ3v) is 8.54. The molecule has 1 fully saturated rings. The minimum absolute atomic E-state index is 0.339. The van der Waals surface area contributed by atoms with E-state index in [-0.39, 0.29) is 0 Å². The second-order valence-corrected chi connectivity index (χ2v) is 11.0. The average molecular weight is 499 g/mol. The van der Waals surface area contributed by atoms with Gasteiger partial charge in [0.05, 0.1) is 10.4 Å². The summed E-state index contributed by atoms with van der Waals surface area (Å²) in [4.78, 5) is 7.48. The van der Waals surface area contributed by atoms with E-state index < -0.39 is 10.0 Å². The highest BCUT2D eigenvalue weighted by molar-refractivity contribution is 7.89. The minimum Gasteiger partial charge on any atom is -0.339 e. The Morgan fingerprint density at radius 1 is 0.833 bits per heavy atom. The van der Waals surface area contributed by atoms with Crippen LogP contribution in [0.15, 0.2) is 83.8 Å². The third kappa shape index (κ3) is 4.00. The molecular weight excluding hydrogens is 472 g/mol. The Labute approximate surface area is 209 Å². The number of aromatic nitrogens is 4. The Bertz CT molecular complexity index is 1660. The number of fused-ring (bicyclic) bond motifs is 3. The lowest BCUT2D eigenvalue weighted by Crippen LogP contribution is -2.49. The lowest BCUT2D eigenvalue weighted by atomic mass is 10.1. The number of piperazine rings is 1. The maximum atomic E-state index is 13.3. The van der Waals surface area contributed by atoms with E-state index in [0.717, 1.165) is 39.4 Å². The maximum Gasteiger partial charge on any atom is 0.243 e.